The third-order valence-corrected chi connectivity index (χ3v) is 8.67. The monoisotopic (exact) mass is 730 g/mol. The Hall–Kier alpha value is -4.26. The lowest BCUT2D eigenvalue weighted by atomic mass is 10.1. The first kappa shape index (κ1) is 40.2. The van der Waals surface area contributed by atoms with E-state index in [0.29, 0.717) is 55.2 Å². The molecule has 4 N–H and O–H groups in total. The van der Waals surface area contributed by atoms with Gasteiger partial charge in [0.05, 0.1) is 25.3 Å². The maximum absolute atomic E-state index is 12.7. The molecular formula is C36H48Cl2N6O6. The second kappa shape index (κ2) is 19.2. The molecule has 1 aliphatic heterocycles. The summed E-state index contributed by atoms with van der Waals surface area (Å²) in [7, 11) is 3.29. The minimum atomic E-state index is -0.473. The normalized spacial score (nSPS) is 12.1. The lowest BCUT2D eigenvalue weighted by molar-refractivity contribution is 0.414. The number of H-pyrrole nitrogens is 2. The van der Waals surface area contributed by atoms with Crippen LogP contribution >= 0.6 is 23.2 Å². The van der Waals surface area contributed by atoms with Crippen LogP contribution in [0.1, 0.15) is 74.9 Å². The van der Waals surface area contributed by atoms with Crippen LogP contribution in [0.25, 0.3) is 0 Å². The largest absolute Gasteiger partial charge is 0.497 e. The number of benzene rings is 2. The maximum atomic E-state index is 12.7. The van der Waals surface area contributed by atoms with Crippen molar-refractivity contribution in [1.82, 2.24) is 19.1 Å². The predicted molar refractivity (Wildman–Crippen MR) is 201 cm³/mol. The molecule has 3 heterocycles. The van der Waals surface area contributed by atoms with Gasteiger partial charge in [-0.3, -0.25) is 28.7 Å². The van der Waals surface area contributed by atoms with Crippen molar-refractivity contribution in [3.05, 3.63) is 118 Å². The molecule has 0 radical (unpaired) electrons. The molecule has 4 aromatic rings. The van der Waals surface area contributed by atoms with Crippen LogP contribution < -0.4 is 42.6 Å². The first-order chi connectivity index (χ1) is 23.9. The Morgan fingerprint density at radius 3 is 1.82 bits per heavy atom. The van der Waals surface area contributed by atoms with Crippen molar-refractivity contribution >= 4 is 29.0 Å². The van der Waals surface area contributed by atoms with E-state index in [1.54, 1.807) is 28.1 Å². The number of methoxy groups -OCH3 is 2. The standard InChI is InChI=1S/C18H23N3O3.C10H14Cl2N2O2.C8H11NO/c1-12(2)21-17(22)15-5-4-10-20(16(15)19-18(21)23)11-13-6-8-14(24-3)9-7-13;1-6(2)14-9(15)7(4-3-5-11)8(12)13-10(14)16;1-10-8-4-2-7(6-9)3-5-8/h6-9,12H,4-5,10-11H2,1-3H3,(H,19,23);6H,3-5H2,1-2H3,(H,13,16);2-5H,6,9H2,1H3. The van der Waals surface area contributed by atoms with Crippen LogP contribution in [0.4, 0.5) is 5.82 Å². The number of hydrogen-bond acceptors (Lipinski definition) is 8. The van der Waals surface area contributed by atoms with E-state index in [4.69, 9.17) is 38.4 Å². The van der Waals surface area contributed by atoms with Gasteiger partial charge in [-0.15, -0.1) is 11.6 Å². The average molecular weight is 732 g/mol. The van der Waals surface area contributed by atoms with E-state index in [9.17, 15) is 19.2 Å². The summed E-state index contributed by atoms with van der Waals surface area (Å²) in [5.74, 6) is 2.81. The number of ether oxygens (including phenoxy) is 2. The number of hydrogen-bond donors (Lipinski definition) is 3. The quantitative estimate of drug-likeness (QED) is 0.149. The number of nitrogens with zero attached hydrogens (tertiary/aromatic N) is 3. The van der Waals surface area contributed by atoms with Crippen LogP contribution in [-0.2, 0) is 25.9 Å². The molecule has 272 valence electrons. The van der Waals surface area contributed by atoms with Gasteiger partial charge in [-0.2, -0.15) is 0 Å². The van der Waals surface area contributed by atoms with E-state index < -0.39 is 5.69 Å². The molecule has 2 aromatic heterocycles. The Morgan fingerprint density at radius 2 is 1.32 bits per heavy atom. The molecule has 2 aromatic carbocycles. The minimum absolute atomic E-state index is 0.122. The van der Waals surface area contributed by atoms with Gasteiger partial charge in [0.25, 0.3) is 11.1 Å². The highest BCUT2D eigenvalue weighted by Gasteiger charge is 2.24. The molecule has 12 nitrogen and oxygen atoms in total. The summed E-state index contributed by atoms with van der Waals surface area (Å²) in [6, 6.07) is 15.2. The highest BCUT2D eigenvalue weighted by Crippen LogP contribution is 2.24. The van der Waals surface area contributed by atoms with Crippen molar-refractivity contribution < 1.29 is 9.47 Å². The fourth-order valence-corrected chi connectivity index (χ4v) is 5.85. The number of rotatable bonds is 10. The fourth-order valence-electron chi connectivity index (χ4n) is 5.46. The Balaban J connectivity index is 0.000000224. The number of nitrogens with two attached hydrogens (primary N) is 1. The third kappa shape index (κ3) is 10.4. The van der Waals surface area contributed by atoms with Crippen LogP contribution in [0.15, 0.2) is 67.7 Å². The zero-order chi connectivity index (χ0) is 37.0. The van der Waals surface area contributed by atoms with Crippen molar-refractivity contribution in [3.8, 4) is 11.5 Å². The van der Waals surface area contributed by atoms with Gasteiger partial charge in [0.2, 0.25) is 0 Å². The molecule has 14 heteroatoms. The maximum Gasteiger partial charge on any atom is 0.330 e. The van der Waals surface area contributed by atoms with Crippen molar-refractivity contribution in [2.45, 2.75) is 78.6 Å². The second-order valence-electron chi connectivity index (χ2n) is 12.2. The van der Waals surface area contributed by atoms with Gasteiger partial charge in [0.15, 0.2) is 0 Å². The molecule has 0 saturated carbocycles. The second-order valence-corrected chi connectivity index (χ2v) is 13.0. The first-order valence-corrected chi connectivity index (χ1v) is 17.5. The van der Waals surface area contributed by atoms with Gasteiger partial charge in [0.1, 0.15) is 22.5 Å². The molecule has 0 amide bonds. The van der Waals surface area contributed by atoms with Crippen molar-refractivity contribution in [1.29, 1.82) is 0 Å². The predicted octanol–water partition coefficient (Wildman–Crippen LogP) is 5.18. The Bertz CT molecular complexity index is 1890. The molecule has 1 aliphatic rings. The van der Waals surface area contributed by atoms with Crippen molar-refractivity contribution in [2.75, 3.05) is 31.5 Å². The summed E-state index contributed by atoms with van der Waals surface area (Å²) >= 11 is 11.4. The summed E-state index contributed by atoms with van der Waals surface area (Å²) in [5, 5.41) is 0.122. The van der Waals surface area contributed by atoms with E-state index >= 15 is 0 Å². The van der Waals surface area contributed by atoms with E-state index in [0.717, 1.165) is 40.2 Å². The molecule has 0 aliphatic carbocycles. The fraction of sp³-hybridized carbons (Fsp3) is 0.444. The van der Waals surface area contributed by atoms with E-state index in [1.165, 1.54) is 4.57 Å². The smallest absolute Gasteiger partial charge is 0.330 e. The van der Waals surface area contributed by atoms with Gasteiger partial charge in [-0.1, -0.05) is 35.9 Å². The molecule has 0 fully saturated rings. The molecule has 50 heavy (non-hydrogen) atoms. The minimum Gasteiger partial charge on any atom is -0.497 e. The number of alkyl halides is 1. The highest BCUT2D eigenvalue weighted by atomic mass is 35.5. The number of aromatic amines is 2. The number of aromatic nitrogens is 4. The number of fused-ring (bicyclic) bond motifs is 1. The zero-order valence-electron chi connectivity index (χ0n) is 29.6. The molecule has 5 rings (SSSR count). The Kier molecular flexibility index (Phi) is 15.4. The van der Waals surface area contributed by atoms with Crippen LogP contribution in [0.5, 0.6) is 11.5 Å². The van der Waals surface area contributed by atoms with Crippen molar-refractivity contribution in [3.63, 3.8) is 0 Å². The van der Waals surface area contributed by atoms with Crippen LogP contribution in [0.3, 0.4) is 0 Å². The zero-order valence-corrected chi connectivity index (χ0v) is 31.1. The highest BCUT2D eigenvalue weighted by molar-refractivity contribution is 6.30. The lowest BCUT2D eigenvalue weighted by Gasteiger charge is -2.31. The van der Waals surface area contributed by atoms with E-state index in [-0.39, 0.29) is 34.0 Å². The Morgan fingerprint density at radius 1 is 0.800 bits per heavy atom. The van der Waals surface area contributed by atoms with Crippen molar-refractivity contribution in [2.24, 2.45) is 5.73 Å². The molecule has 0 atom stereocenters. The third-order valence-electron chi connectivity index (χ3n) is 8.08. The average Bonchev–Trinajstić information content (AvgIpc) is 3.09. The molecule has 0 saturated heterocycles. The van der Waals surface area contributed by atoms with Crippen LogP contribution in [0, 0.1) is 0 Å². The van der Waals surface area contributed by atoms with Gasteiger partial charge >= 0.3 is 11.4 Å². The molecule has 0 spiro atoms. The summed E-state index contributed by atoms with van der Waals surface area (Å²) in [5.41, 5.74) is 7.47. The molecular weight excluding hydrogens is 683 g/mol. The number of halogens is 2. The molecule has 0 bridgehead atoms. The number of anilines is 1. The van der Waals surface area contributed by atoms with Gasteiger partial charge in [-0.05, 0) is 88.8 Å². The summed E-state index contributed by atoms with van der Waals surface area (Å²) in [6.07, 6.45) is 2.74. The van der Waals surface area contributed by atoms with Crippen LogP contribution in [0.2, 0.25) is 5.15 Å². The lowest BCUT2D eigenvalue weighted by Crippen LogP contribution is -2.43. The Labute approximate surface area is 301 Å². The number of nitrogens with one attached hydrogen (secondary N) is 2. The molecule has 0 unspecified atom stereocenters. The van der Waals surface area contributed by atoms with E-state index in [1.807, 2.05) is 62.4 Å². The van der Waals surface area contributed by atoms with Gasteiger partial charge in [-0.25, -0.2) is 9.59 Å². The summed E-state index contributed by atoms with van der Waals surface area (Å²) in [4.78, 5) is 55.9. The first-order valence-electron chi connectivity index (χ1n) is 16.5. The van der Waals surface area contributed by atoms with E-state index in [2.05, 4.69) is 14.9 Å². The summed E-state index contributed by atoms with van der Waals surface area (Å²) < 4.78 is 12.6. The van der Waals surface area contributed by atoms with Crippen LogP contribution in [-0.4, -0.2) is 45.7 Å². The SMILES string of the molecule is CC(C)n1c(=O)[nH]c(Cl)c(CCCCl)c1=O.COc1ccc(CN)cc1.COc1ccc(CN2CCCc3c2[nH]c(=O)n(C(C)C)c3=O)cc1. The topological polar surface area (TPSA) is 157 Å². The summed E-state index contributed by atoms with van der Waals surface area (Å²) in [6.45, 7) is 9.30. The van der Waals surface area contributed by atoms with Gasteiger partial charge < -0.3 is 20.1 Å². The van der Waals surface area contributed by atoms with Gasteiger partial charge in [0, 0.05) is 37.6 Å².